The van der Waals surface area contributed by atoms with Gasteiger partial charge in [-0.3, -0.25) is 19.6 Å². The van der Waals surface area contributed by atoms with Crippen LogP contribution in [0.2, 0.25) is 0 Å². The summed E-state index contributed by atoms with van der Waals surface area (Å²) in [6, 6.07) is 6.30. The maximum atomic E-state index is 13.0. The molecule has 2 fully saturated rings. The Hall–Kier alpha value is -2.88. The van der Waals surface area contributed by atoms with Gasteiger partial charge in [-0.15, -0.1) is 0 Å². The van der Waals surface area contributed by atoms with Crippen LogP contribution < -0.4 is 5.32 Å². The maximum absolute atomic E-state index is 13.0. The average molecular weight is 449 g/mol. The minimum atomic E-state index is -4.43. The number of alkyl halides is 3. The molecule has 7 nitrogen and oxygen atoms in total. The van der Waals surface area contributed by atoms with Crippen LogP contribution in [0.5, 0.6) is 0 Å². The molecule has 1 unspecified atom stereocenters. The predicted molar refractivity (Wildman–Crippen MR) is 110 cm³/mol. The van der Waals surface area contributed by atoms with Gasteiger partial charge in [-0.1, -0.05) is 18.2 Å². The highest BCUT2D eigenvalue weighted by atomic mass is 19.4. The molecular weight excluding hydrogens is 423 g/mol. The molecule has 0 spiro atoms. The number of hydrogen-bond donors (Lipinski definition) is 2. The summed E-state index contributed by atoms with van der Waals surface area (Å²) in [4.78, 5) is 28.6. The molecule has 1 atom stereocenters. The van der Waals surface area contributed by atoms with Crippen molar-refractivity contribution < 1.29 is 22.8 Å². The third-order valence-electron chi connectivity index (χ3n) is 5.93. The Morgan fingerprint density at radius 1 is 1.28 bits per heavy atom. The molecule has 172 valence electrons. The van der Waals surface area contributed by atoms with Crippen LogP contribution in [-0.2, 0) is 28.9 Å². The number of benzene rings is 1. The summed E-state index contributed by atoms with van der Waals surface area (Å²) >= 11 is 0. The lowest BCUT2D eigenvalue weighted by Gasteiger charge is -2.35. The fourth-order valence-corrected chi connectivity index (χ4v) is 3.97. The van der Waals surface area contributed by atoms with E-state index in [-0.39, 0.29) is 24.8 Å². The van der Waals surface area contributed by atoms with Gasteiger partial charge >= 0.3 is 6.18 Å². The first kappa shape index (κ1) is 22.3. The lowest BCUT2D eigenvalue weighted by molar-refractivity contribution is -0.138. The Labute approximate surface area is 184 Å². The van der Waals surface area contributed by atoms with Crippen molar-refractivity contribution in [3.8, 4) is 0 Å². The number of halogens is 3. The predicted octanol–water partition coefficient (Wildman–Crippen LogP) is 2.66. The summed E-state index contributed by atoms with van der Waals surface area (Å²) in [5.41, 5.74) is 1.57. The first-order valence-electron chi connectivity index (χ1n) is 10.7. The molecule has 1 aromatic carbocycles. The van der Waals surface area contributed by atoms with Crippen LogP contribution in [0.25, 0.3) is 0 Å². The topological polar surface area (TPSA) is 81.3 Å². The fourth-order valence-electron chi connectivity index (χ4n) is 3.97. The van der Waals surface area contributed by atoms with Crippen molar-refractivity contribution in [3.05, 3.63) is 52.8 Å². The van der Waals surface area contributed by atoms with Gasteiger partial charge in [-0.2, -0.15) is 18.3 Å². The van der Waals surface area contributed by atoms with Crippen LogP contribution >= 0.6 is 0 Å². The number of H-pyrrole nitrogens is 1. The Balaban J connectivity index is 1.40. The molecule has 4 rings (SSSR count). The van der Waals surface area contributed by atoms with Gasteiger partial charge in [0.15, 0.2) is 0 Å². The first-order valence-corrected chi connectivity index (χ1v) is 10.7. The van der Waals surface area contributed by atoms with Gasteiger partial charge in [0.1, 0.15) is 0 Å². The zero-order valence-corrected chi connectivity index (χ0v) is 17.8. The van der Waals surface area contributed by atoms with Crippen LogP contribution in [-0.4, -0.2) is 58.0 Å². The Morgan fingerprint density at radius 3 is 2.78 bits per heavy atom. The Morgan fingerprint density at radius 2 is 2.06 bits per heavy atom. The van der Waals surface area contributed by atoms with E-state index in [2.05, 4.69) is 15.5 Å². The molecule has 0 bridgehead atoms. The molecule has 1 aromatic heterocycles. The van der Waals surface area contributed by atoms with Crippen molar-refractivity contribution in [2.24, 2.45) is 0 Å². The van der Waals surface area contributed by atoms with Crippen molar-refractivity contribution in [2.75, 3.05) is 20.1 Å². The van der Waals surface area contributed by atoms with E-state index in [1.807, 2.05) is 6.07 Å². The minimum absolute atomic E-state index is 0.0507. The van der Waals surface area contributed by atoms with Crippen molar-refractivity contribution in [2.45, 2.75) is 50.5 Å². The van der Waals surface area contributed by atoms with Gasteiger partial charge in [-0.05, 0) is 30.5 Å². The average Bonchev–Trinajstić information content (AvgIpc) is 3.49. The monoisotopic (exact) mass is 449 g/mol. The first-order chi connectivity index (χ1) is 15.2. The van der Waals surface area contributed by atoms with Gasteiger partial charge < -0.3 is 10.2 Å². The second-order valence-corrected chi connectivity index (χ2v) is 8.52. The number of carbonyl (C=O) groups is 2. The summed E-state index contributed by atoms with van der Waals surface area (Å²) in [5.74, 6) is 0.00236. The van der Waals surface area contributed by atoms with E-state index in [0.717, 1.165) is 36.4 Å². The zero-order valence-electron chi connectivity index (χ0n) is 17.8. The van der Waals surface area contributed by atoms with E-state index in [1.165, 1.54) is 11.0 Å². The number of aromatic nitrogens is 2. The van der Waals surface area contributed by atoms with E-state index in [1.54, 1.807) is 18.0 Å². The summed E-state index contributed by atoms with van der Waals surface area (Å²) < 4.78 is 39.1. The highest BCUT2D eigenvalue weighted by Gasteiger charge is 2.34. The lowest BCUT2D eigenvalue weighted by atomic mass is 10.0. The van der Waals surface area contributed by atoms with Crippen molar-refractivity contribution >= 4 is 11.8 Å². The van der Waals surface area contributed by atoms with Gasteiger partial charge in [0.05, 0.1) is 36.0 Å². The molecule has 1 saturated carbocycles. The van der Waals surface area contributed by atoms with Crippen LogP contribution in [0.3, 0.4) is 0 Å². The molecule has 2 aliphatic rings. The number of hydrogen-bond acceptors (Lipinski definition) is 4. The van der Waals surface area contributed by atoms with Gasteiger partial charge in [0, 0.05) is 32.6 Å². The van der Waals surface area contributed by atoms with E-state index >= 15 is 0 Å². The molecule has 2 N–H and O–H groups in total. The molecule has 1 aliphatic heterocycles. The number of rotatable bonds is 7. The van der Waals surface area contributed by atoms with Gasteiger partial charge in [-0.25, -0.2) is 0 Å². The number of nitrogens with one attached hydrogen (secondary N) is 2. The second-order valence-electron chi connectivity index (χ2n) is 8.52. The normalized spacial score (nSPS) is 19.6. The number of piperazine rings is 1. The third kappa shape index (κ3) is 5.29. The third-order valence-corrected chi connectivity index (χ3v) is 5.93. The summed E-state index contributed by atoms with van der Waals surface area (Å²) in [7, 11) is 1.66. The number of amides is 2. The minimum Gasteiger partial charge on any atom is -0.353 e. The van der Waals surface area contributed by atoms with Gasteiger partial charge in [0.25, 0.3) is 0 Å². The van der Waals surface area contributed by atoms with E-state index in [9.17, 15) is 22.8 Å². The molecule has 2 heterocycles. The van der Waals surface area contributed by atoms with Crippen molar-refractivity contribution in [1.82, 2.24) is 25.3 Å². The zero-order chi connectivity index (χ0) is 22.9. The van der Waals surface area contributed by atoms with Crippen LogP contribution in [0.1, 0.15) is 47.7 Å². The summed E-state index contributed by atoms with van der Waals surface area (Å²) in [6.45, 7) is 1.34. The molecule has 0 radical (unpaired) electrons. The van der Waals surface area contributed by atoms with E-state index < -0.39 is 17.8 Å². The molecule has 1 aliphatic carbocycles. The van der Waals surface area contributed by atoms with E-state index in [0.29, 0.717) is 31.1 Å². The summed E-state index contributed by atoms with van der Waals surface area (Å²) in [5, 5.41) is 10.00. The fraction of sp³-hybridized carbons (Fsp3) is 0.500. The molecule has 1 saturated heterocycles. The standard InChI is InChI=1S/C22H26F3N5O2/c1-29(13-17-10-18(28-27-17)15-5-6-15)20(31)11-19-21(32)26-7-8-30(19)12-14-3-2-4-16(9-14)22(23,24)25/h2-4,9-10,15,19H,5-8,11-13H2,1H3,(H,26,32)(H,27,28). The Bertz CT molecular complexity index is 986. The molecule has 2 amide bonds. The second kappa shape index (κ2) is 8.93. The molecule has 32 heavy (non-hydrogen) atoms. The van der Waals surface area contributed by atoms with E-state index in [4.69, 9.17) is 0 Å². The molecule has 10 heteroatoms. The van der Waals surface area contributed by atoms with Crippen molar-refractivity contribution in [1.29, 1.82) is 0 Å². The van der Waals surface area contributed by atoms with Crippen LogP contribution in [0.15, 0.2) is 30.3 Å². The Kier molecular flexibility index (Phi) is 6.23. The van der Waals surface area contributed by atoms with Crippen LogP contribution in [0.4, 0.5) is 13.2 Å². The SMILES string of the molecule is CN(Cc1cc(C2CC2)n[nH]1)C(=O)CC1C(=O)NCCN1Cc1cccc(C(F)(F)F)c1. The van der Waals surface area contributed by atoms with Crippen molar-refractivity contribution in [3.63, 3.8) is 0 Å². The maximum Gasteiger partial charge on any atom is 0.416 e. The smallest absolute Gasteiger partial charge is 0.353 e. The van der Waals surface area contributed by atoms with Gasteiger partial charge in [0.2, 0.25) is 11.8 Å². The largest absolute Gasteiger partial charge is 0.416 e. The number of carbonyl (C=O) groups excluding carboxylic acids is 2. The number of aromatic amines is 1. The van der Waals surface area contributed by atoms with Crippen LogP contribution in [0, 0.1) is 0 Å². The quantitative estimate of drug-likeness (QED) is 0.681. The molecular formula is C22H26F3N5O2. The highest BCUT2D eigenvalue weighted by molar-refractivity contribution is 5.88. The summed E-state index contributed by atoms with van der Waals surface area (Å²) in [6.07, 6.45) is -2.21. The molecule has 2 aromatic rings. The number of nitrogens with zero attached hydrogens (tertiary/aromatic N) is 3. The highest BCUT2D eigenvalue weighted by Crippen LogP contribution is 2.39. The lowest BCUT2D eigenvalue weighted by Crippen LogP contribution is -2.56.